The molecule has 0 fully saturated rings. The SMILES string of the molecule is Cc1ccc(CN(C(=O)Cc2cc(C)ccc2C)[C@H](C)C(=O)NC(C)C)cc1. The van der Waals surface area contributed by atoms with E-state index in [-0.39, 0.29) is 17.9 Å². The largest absolute Gasteiger partial charge is 0.352 e. The highest BCUT2D eigenvalue weighted by Gasteiger charge is 2.26. The Labute approximate surface area is 169 Å². The van der Waals surface area contributed by atoms with Crippen LogP contribution in [-0.2, 0) is 22.6 Å². The van der Waals surface area contributed by atoms with Gasteiger partial charge in [0.2, 0.25) is 11.8 Å². The molecule has 4 heteroatoms. The maximum atomic E-state index is 13.2. The number of aryl methyl sites for hydroxylation is 3. The monoisotopic (exact) mass is 380 g/mol. The maximum Gasteiger partial charge on any atom is 0.242 e. The molecular formula is C24H32N2O2. The molecule has 0 aliphatic heterocycles. The lowest BCUT2D eigenvalue weighted by molar-refractivity contribution is -0.140. The number of hydrogen-bond acceptors (Lipinski definition) is 2. The minimum atomic E-state index is -0.540. The number of nitrogens with zero attached hydrogens (tertiary/aromatic N) is 1. The van der Waals surface area contributed by atoms with Gasteiger partial charge in [-0.3, -0.25) is 9.59 Å². The van der Waals surface area contributed by atoms with Crippen molar-refractivity contribution in [1.29, 1.82) is 0 Å². The molecule has 0 aliphatic carbocycles. The van der Waals surface area contributed by atoms with Crippen molar-refractivity contribution in [2.24, 2.45) is 0 Å². The van der Waals surface area contributed by atoms with Crippen LogP contribution in [0.5, 0.6) is 0 Å². The van der Waals surface area contributed by atoms with Crippen LogP contribution >= 0.6 is 0 Å². The first-order valence-corrected chi connectivity index (χ1v) is 9.89. The first-order chi connectivity index (χ1) is 13.2. The average molecular weight is 381 g/mol. The fourth-order valence-corrected chi connectivity index (χ4v) is 3.13. The molecule has 4 nitrogen and oxygen atoms in total. The molecule has 2 amide bonds. The smallest absolute Gasteiger partial charge is 0.242 e. The van der Waals surface area contributed by atoms with Crippen LogP contribution in [0.3, 0.4) is 0 Å². The predicted octanol–water partition coefficient (Wildman–Crippen LogP) is 4.10. The van der Waals surface area contributed by atoms with Gasteiger partial charge in [0.1, 0.15) is 6.04 Å². The van der Waals surface area contributed by atoms with Crippen molar-refractivity contribution in [3.63, 3.8) is 0 Å². The Morgan fingerprint density at radius 2 is 1.54 bits per heavy atom. The van der Waals surface area contributed by atoms with E-state index in [9.17, 15) is 9.59 Å². The third kappa shape index (κ3) is 5.95. The second-order valence-electron chi connectivity index (χ2n) is 7.95. The van der Waals surface area contributed by atoms with Crippen LogP contribution in [-0.4, -0.2) is 28.8 Å². The molecule has 0 unspecified atom stereocenters. The molecule has 0 spiro atoms. The molecule has 0 saturated carbocycles. The van der Waals surface area contributed by atoms with Crippen molar-refractivity contribution in [3.05, 3.63) is 70.3 Å². The van der Waals surface area contributed by atoms with E-state index in [4.69, 9.17) is 0 Å². The summed E-state index contributed by atoms with van der Waals surface area (Å²) >= 11 is 0. The van der Waals surface area contributed by atoms with Gasteiger partial charge in [0.25, 0.3) is 0 Å². The summed E-state index contributed by atoms with van der Waals surface area (Å²) in [6.45, 7) is 12.1. The molecule has 1 N–H and O–H groups in total. The second kappa shape index (κ2) is 9.54. The number of rotatable bonds is 7. The first kappa shape index (κ1) is 21.7. The minimum absolute atomic E-state index is 0.0327. The lowest BCUT2D eigenvalue weighted by atomic mass is 10.0. The number of amides is 2. The lowest BCUT2D eigenvalue weighted by Gasteiger charge is -2.29. The number of carbonyl (C=O) groups is 2. The topological polar surface area (TPSA) is 49.4 Å². The third-order valence-corrected chi connectivity index (χ3v) is 4.92. The van der Waals surface area contributed by atoms with Gasteiger partial charge in [-0.25, -0.2) is 0 Å². The molecule has 2 rings (SSSR count). The Morgan fingerprint density at radius 3 is 2.14 bits per heavy atom. The van der Waals surface area contributed by atoms with E-state index < -0.39 is 6.04 Å². The van der Waals surface area contributed by atoms with E-state index in [2.05, 4.69) is 11.4 Å². The van der Waals surface area contributed by atoms with Gasteiger partial charge in [0, 0.05) is 12.6 Å². The van der Waals surface area contributed by atoms with Gasteiger partial charge in [0.05, 0.1) is 6.42 Å². The van der Waals surface area contributed by atoms with Gasteiger partial charge in [-0.05, 0) is 58.2 Å². The summed E-state index contributed by atoms with van der Waals surface area (Å²) in [4.78, 5) is 27.5. The van der Waals surface area contributed by atoms with E-state index in [0.29, 0.717) is 13.0 Å². The molecular weight excluding hydrogens is 348 g/mol. The fraction of sp³-hybridized carbons (Fsp3) is 0.417. The standard InChI is InChI=1S/C24H32N2O2/c1-16(2)25-24(28)20(6)26(15-21-11-8-17(3)9-12-21)23(27)14-22-13-18(4)7-10-19(22)5/h7-13,16,20H,14-15H2,1-6H3,(H,25,28)/t20-/m1/s1. The summed E-state index contributed by atoms with van der Waals surface area (Å²) in [5.41, 5.74) is 5.42. The van der Waals surface area contributed by atoms with Crippen LogP contribution in [0.15, 0.2) is 42.5 Å². The number of carbonyl (C=O) groups excluding carboxylic acids is 2. The van der Waals surface area contributed by atoms with E-state index >= 15 is 0 Å². The predicted molar refractivity (Wildman–Crippen MR) is 114 cm³/mol. The maximum absolute atomic E-state index is 13.2. The molecule has 0 bridgehead atoms. The molecule has 2 aromatic carbocycles. The highest BCUT2D eigenvalue weighted by Crippen LogP contribution is 2.16. The molecule has 0 saturated heterocycles. The van der Waals surface area contributed by atoms with Crippen molar-refractivity contribution < 1.29 is 9.59 Å². The Bertz CT molecular complexity index is 825. The van der Waals surface area contributed by atoms with Crippen LogP contribution in [0.1, 0.15) is 48.6 Å². The highest BCUT2D eigenvalue weighted by atomic mass is 16.2. The van der Waals surface area contributed by atoms with E-state index in [0.717, 1.165) is 22.3 Å². The van der Waals surface area contributed by atoms with Gasteiger partial charge in [-0.2, -0.15) is 0 Å². The molecule has 150 valence electrons. The normalized spacial score (nSPS) is 12.0. The summed E-state index contributed by atoms with van der Waals surface area (Å²) < 4.78 is 0. The molecule has 0 radical (unpaired) electrons. The van der Waals surface area contributed by atoms with Crippen LogP contribution in [0, 0.1) is 20.8 Å². The summed E-state index contributed by atoms with van der Waals surface area (Å²) in [6, 6.07) is 13.7. The van der Waals surface area contributed by atoms with E-state index in [1.807, 2.05) is 71.0 Å². The molecule has 0 heterocycles. The average Bonchev–Trinajstić information content (AvgIpc) is 2.63. The summed E-state index contributed by atoms with van der Waals surface area (Å²) in [5, 5.41) is 2.92. The van der Waals surface area contributed by atoms with Crippen LogP contribution in [0.2, 0.25) is 0 Å². The Hall–Kier alpha value is -2.62. The van der Waals surface area contributed by atoms with Crippen molar-refractivity contribution in [2.45, 2.75) is 66.6 Å². The zero-order valence-corrected chi connectivity index (χ0v) is 17.9. The van der Waals surface area contributed by atoms with Gasteiger partial charge in [-0.1, -0.05) is 53.6 Å². The number of hydrogen-bond donors (Lipinski definition) is 1. The minimum Gasteiger partial charge on any atom is -0.352 e. The van der Waals surface area contributed by atoms with Crippen LogP contribution in [0.4, 0.5) is 0 Å². The second-order valence-corrected chi connectivity index (χ2v) is 7.95. The number of benzene rings is 2. The van der Waals surface area contributed by atoms with Crippen molar-refractivity contribution in [2.75, 3.05) is 0 Å². The van der Waals surface area contributed by atoms with Gasteiger partial charge in [-0.15, -0.1) is 0 Å². The molecule has 1 atom stereocenters. The van der Waals surface area contributed by atoms with E-state index in [1.54, 1.807) is 11.8 Å². The third-order valence-electron chi connectivity index (χ3n) is 4.92. The van der Waals surface area contributed by atoms with Gasteiger partial charge in [0.15, 0.2) is 0 Å². The Balaban J connectivity index is 2.27. The summed E-state index contributed by atoms with van der Waals surface area (Å²) in [5.74, 6) is -0.169. The van der Waals surface area contributed by atoms with Crippen molar-refractivity contribution >= 4 is 11.8 Å². The molecule has 0 aromatic heterocycles. The quantitative estimate of drug-likeness (QED) is 0.786. The molecule has 0 aliphatic rings. The molecule has 2 aromatic rings. The van der Waals surface area contributed by atoms with Gasteiger partial charge >= 0.3 is 0 Å². The Morgan fingerprint density at radius 1 is 0.929 bits per heavy atom. The number of nitrogens with one attached hydrogen (secondary N) is 1. The van der Waals surface area contributed by atoms with Crippen LogP contribution in [0.25, 0.3) is 0 Å². The highest BCUT2D eigenvalue weighted by molar-refractivity contribution is 5.88. The van der Waals surface area contributed by atoms with Crippen LogP contribution < -0.4 is 5.32 Å². The Kier molecular flexibility index (Phi) is 7.38. The van der Waals surface area contributed by atoms with Gasteiger partial charge < -0.3 is 10.2 Å². The lowest BCUT2D eigenvalue weighted by Crippen LogP contribution is -2.49. The first-order valence-electron chi connectivity index (χ1n) is 9.89. The van der Waals surface area contributed by atoms with Crippen molar-refractivity contribution in [3.8, 4) is 0 Å². The summed E-state index contributed by atoms with van der Waals surface area (Å²) in [6.07, 6.45) is 0.290. The zero-order valence-electron chi connectivity index (χ0n) is 17.9. The fourth-order valence-electron chi connectivity index (χ4n) is 3.13. The molecule has 28 heavy (non-hydrogen) atoms. The van der Waals surface area contributed by atoms with Crippen molar-refractivity contribution in [1.82, 2.24) is 10.2 Å². The van der Waals surface area contributed by atoms with E-state index in [1.165, 1.54) is 5.56 Å². The zero-order chi connectivity index (χ0) is 20.8. The summed E-state index contributed by atoms with van der Waals surface area (Å²) in [7, 11) is 0.